The second kappa shape index (κ2) is 4.35. The van der Waals surface area contributed by atoms with Crippen molar-refractivity contribution in [1.82, 2.24) is 9.78 Å². The van der Waals surface area contributed by atoms with E-state index in [2.05, 4.69) is 18.9 Å². The largest absolute Gasteiger partial charge is 0.472 e. The molecule has 0 atom stereocenters. The Kier molecular flexibility index (Phi) is 2.90. The fourth-order valence-corrected chi connectivity index (χ4v) is 1.45. The molecule has 2 aromatic rings. The average molecular weight is 218 g/mol. The molecule has 0 N–H and O–H groups in total. The van der Waals surface area contributed by atoms with Gasteiger partial charge in [0.15, 0.2) is 5.78 Å². The van der Waals surface area contributed by atoms with Gasteiger partial charge in [0, 0.05) is 12.2 Å². The Morgan fingerprint density at radius 3 is 2.88 bits per heavy atom. The summed E-state index contributed by atoms with van der Waals surface area (Å²) in [5.41, 5.74) is 1.39. The van der Waals surface area contributed by atoms with E-state index in [1.807, 2.05) is 16.9 Å². The van der Waals surface area contributed by atoms with E-state index in [1.165, 1.54) is 12.5 Å². The van der Waals surface area contributed by atoms with Crippen molar-refractivity contribution >= 4 is 5.78 Å². The molecule has 0 saturated carbocycles. The molecule has 0 saturated heterocycles. The zero-order chi connectivity index (χ0) is 11.5. The van der Waals surface area contributed by atoms with Crippen molar-refractivity contribution < 1.29 is 9.21 Å². The molecule has 0 fully saturated rings. The summed E-state index contributed by atoms with van der Waals surface area (Å²) < 4.78 is 6.72. The van der Waals surface area contributed by atoms with E-state index in [0.29, 0.717) is 18.0 Å². The summed E-state index contributed by atoms with van der Waals surface area (Å²) in [6, 6.07) is 3.86. The lowest BCUT2D eigenvalue weighted by Crippen LogP contribution is -2.05. The zero-order valence-electron chi connectivity index (χ0n) is 9.38. The van der Waals surface area contributed by atoms with Crippen LogP contribution in [0.25, 0.3) is 0 Å². The van der Waals surface area contributed by atoms with Gasteiger partial charge in [0.1, 0.15) is 6.26 Å². The summed E-state index contributed by atoms with van der Waals surface area (Å²) in [4.78, 5) is 11.7. The standard InChI is InChI=1S/C12H14N2O2/c1-9(2)14-5-3-11(13-14)7-12(15)10-4-6-16-8-10/h3-6,8-9H,7H2,1-2H3. The molecule has 84 valence electrons. The molecule has 0 aliphatic rings. The van der Waals surface area contributed by atoms with Crippen molar-refractivity contribution in [3.8, 4) is 0 Å². The average Bonchev–Trinajstić information content (AvgIpc) is 2.87. The van der Waals surface area contributed by atoms with Crippen LogP contribution >= 0.6 is 0 Å². The van der Waals surface area contributed by atoms with Crippen LogP contribution in [0.15, 0.2) is 35.3 Å². The summed E-state index contributed by atoms with van der Waals surface area (Å²) in [7, 11) is 0. The van der Waals surface area contributed by atoms with Gasteiger partial charge in [-0.3, -0.25) is 9.48 Å². The molecule has 4 nitrogen and oxygen atoms in total. The van der Waals surface area contributed by atoms with E-state index >= 15 is 0 Å². The Morgan fingerprint density at radius 2 is 2.31 bits per heavy atom. The van der Waals surface area contributed by atoms with Crippen LogP contribution in [0.1, 0.15) is 35.9 Å². The van der Waals surface area contributed by atoms with Crippen LogP contribution in [-0.2, 0) is 6.42 Å². The monoisotopic (exact) mass is 218 g/mol. The molecule has 0 aliphatic heterocycles. The van der Waals surface area contributed by atoms with Crippen LogP contribution in [0, 0.1) is 0 Å². The topological polar surface area (TPSA) is 48.0 Å². The Bertz CT molecular complexity index is 469. The molecule has 0 unspecified atom stereocenters. The Labute approximate surface area is 93.9 Å². The quantitative estimate of drug-likeness (QED) is 0.741. The fraction of sp³-hybridized carbons (Fsp3) is 0.333. The highest BCUT2D eigenvalue weighted by Gasteiger charge is 2.10. The second-order valence-electron chi connectivity index (χ2n) is 3.99. The highest BCUT2D eigenvalue weighted by atomic mass is 16.3. The summed E-state index contributed by atoms with van der Waals surface area (Å²) in [5.74, 6) is 0.0303. The molecule has 0 spiro atoms. The molecule has 2 heterocycles. The van der Waals surface area contributed by atoms with Crippen molar-refractivity contribution in [2.75, 3.05) is 0 Å². The number of hydrogen-bond acceptors (Lipinski definition) is 3. The van der Waals surface area contributed by atoms with Crippen LogP contribution < -0.4 is 0 Å². The minimum absolute atomic E-state index is 0.0303. The van der Waals surface area contributed by atoms with Crippen LogP contribution in [0.3, 0.4) is 0 Å². The summed E-state index contributed by atoms with van der Waals surface area (Å²) in [6.45, 7) is 4.10. The van der Waals surface area contributed by atoms with Gasteiger partial charge in [0.2, 0.25) is 0 Å². The van der Waals surface area contributed by atoms with Gasteiger partial charge >= 0.3 is 0 Å². The smallest absolute Gasteiger partial charge is 0.172 e. The Morgan fingerprint density at radius 1 is 1.50 bits per heavy atom. The first-order valence-corrected chi connectivity index (χ1v) is 5.26. The summed E-state index contributed by atoms with van der Waals surface area (Å²) in [6.07, 6.45) is 5.17. The predicted molar refractivity (Wildman–Crippen MR) is 59.4 cm³/mol. The van der Waals surface area contributed by atoms with Gasteiger partial charge in [-0.1, -0.05) is 0 Å². The molecule has 0 aromatic carbocycles. The van der Waals surface area contributed by atoms with Gasteiger partial charge in [0.05, 0.1) is 23.9 Å². The van der Waals surface area contributed by atoms with Gasteiger partial charge in [-0.15, -0.1) is 0 Å². The van der Waals surface area contributed by atoms with E-state index < -0.39 is 0 Å². The Hall–Kier alpha value is -1.84. The second-order valence-corrected chi connectivity index (χ2v) is 3.99. The first kappa shape index (κ1) is 10.7. The summed E-state index contributed by atoms with van der Waals surface area (Å²) in [5, 5.41) is 4.32. The van der Waals surface area contributed by atoms with Gasteiger partial charge in [0.25, 0.3) is 0 Å². The molecule has 2 rings (SSSR count). The molecule has 0 amide bonds. The van der Waals surface area contributed by atoms with E-state index in [4.69, 9.17) is 4.42 Å². The van der Waals surface area contributed by atoms with Crippen molar-refractivity contribution in [2.45, 2.75) is 26.3 Å². The van der Waals surface area contributed by atoms with Gasteiger partial charge < -0.3 is 4.42 Å². The zero-order valence-corrected chi connectivity index (χ0v) is 9.38. The van der Waals surface area contributed by atoms with Crippen LogP contribution in [0.4, 0.5) is 0 Å². The SMILES string of the molecule is CC(C)n1ccc(CC(=O)c2ccoc2)n1. The normalized spacial score (nSPS) is 10.9. The lowest BCUT2D eigenvalue weighted by atomic mass is 10.1. The number of aromatic nitrogens is 2. The summed E-state index contributed by atoms with van der Waals surface area (Å²) >= 11 is 0. The number of ketones is 1. The number of hydrogen-bond donors (Lipinski definition) is 0. The lowest BCUT2D eigenvalue weighted by Gasteiger charge is -2.03. The molecule has 0 bridgehead atoms. The van der Waals surface area contributed by atoms with E-state index in [-0.39, 0.29) is 5.78 Å². The number of nitrogens with zero attached hydrogens (tertiary/aromatic N) is 2. The number of carbonyl (C=O) groups is 1. The van der Waals surface area contributed by atoms with E-state index in [9.17, 15) is 4.79 Å². The molecule has 0 aliphatic carbocycles. The van der Waals surface area contributed by atoms with Crippen molar-refractivity contribution in [3.63, 3.8) is 0 Å². The number of furan rings is 1. The maximum Gasteiger partial charge on any atom is 0.172 e. The maximum atomic E-state index is 11.7. The first-order chi connectivity index (χ1) is 7.66. The molecule has 0 radical (unpaired) electrons. The fourth-order valence-electron chi connectivity index (χ4n) is 1.45. The molecule has 16 heavy (non-hydrogen) atoms. The molecule has 2 aromatic heterocycles. The van der Waals surface area contributed by atoms with Gasteiger partial charge in [-0.25, -0.2) is 0 Å². The molecule has 4 heteroatoms. The van der Waals surface area contributed by atoms with E-state index in [0.717, 1.165) is 5.69 Å². The van der Waals surface area contributed by atoms with E-state index in [1.54, 1.807) is 6.07 Å². The lowest BCUT2D eigenvalue weighted by molar-refractivity contribution is 0.0991. The molecular formula is C12H14N2O2. The van der Waals surface area contributed by atoms with Crippen molar-refractivity contribution in [3.05, 3.63) is 42.1 Å². The highest BCUT2D eigenvalue weighted by molar-refractivity contribution is 5.96. The third-order valence-corrected chi connectivity index (χ3v) is 2.38. The third-order valence-electron chi connectivity index (χ3n) is 2.38. The Balaban J connectivity index is 2.07. The van der Waals surface area contributed by atoms with Crippen LogP contribution in [-0.4, -0.2) is 15.6 Å². The molecular weight excluding hydrogens is 204 g/mol. The van der Waals surface area contributed by atoms with Crippen LogP contribution in [0.2, 0.25) is 0 Å². The van der Waals surface area contributed by atoms with Gasteiger partial charge in [-0.05, 0) is 26.0 Å². The predicted octanol–water partition coefficient (Wildman–Crippen LogP) is 2.48. The maximum absolute atomic E-state index is 11.7. The highest BCUT2D eigenvalue weighted by Crippen LogP contribution is 2.08. The van der Waals surface area contributed by atoms with Crippen molar-refractivity contribution in [1.29, 1.82) is 0 Å². The van der Waals surface area contributed by atoms with Gasteiger partial charge in [-0.2, -0.15) is 5.10 Å². The minimum Gasteiger partial charge on any atom is -0.472 e. The van der Waals surface area contributed by atoms with Crippen molar-refractivity contribution in [2.24, 2.45) is 0 Å². The van der Waals surface area contributed by atoms with Crippen LogP contribution in [0.5, 0.6) is 0 Å². The number of rotatable bonds is 4. The minimum atomic E-state index is 0.0303. The third kappa shape index (κ3) is 2.21. The first-order valence-electron chi connectivity index (χ1n) is 5.26. The number of carbonyl (C=O) groups excluding carboxylic acids is 1. The number of Topliss-reactive ketones (excluding diaryl/α,β-unsaturated/α-hetero) is 1.